The van der Waals surface area contributed by atoms with Crippen LogP contribution < -0.4 is 5.32 Å². The maximum Gasteiger partial charge on any atom is 0.328 e. The van der Waals surface area contributed by atoms with E-state index < -0.39 is 22.8 Å². The summed E-state index contributed by atoms with van der Waals surface area (Å²) in [6, 6.07) is 22.0. The number of fused-ring (bicyclic) bond motifs is 1. The number of benzene rings is 3. The molecule has 1 amide bonds. The zero-order valence-electron chi connectivity index (χ0n) is 16.2. The lowest BCUT2D eigenvalue weighted by Gasteiger charge is -2.16. The van der Waals surface area contributed by atoms with Crippen molar-refractivity contribution in [3.63, 3.8) is 0 Å². The average molecular weight is 410 g/mol. The molecule has 0 bridgehead atoms. The molecule has 2 atom stereocenters. The Kier molecular flexibility index (Phi) is 7.14. The highest BCUT2D eigenvalue weighted by Gasteiger charge is 2.22. The first-order valence-electron chi connectivity index (χ1n) is 9.35. The molecule has 3 aromatic rings. The van der Waals surface area contributed by atoms with E-state index in [-0.39, 0.29) is 24.5 Å². The van der Waals surface area contributed by atoms with Gasteiger partial charge < -0.3 is 10.1 Å². The fraction of sp³-hybridized carbons (Fsp3) is 0.217. The molecule has 29 heavy (non-hydrogen) atoms. The van der Waals surface area contributed by atoms with Gasteiger partial charge in [0.2, 0.25) is 5.91 Å². The quantitative estimate of drug-likeness (QED) is 0.580. The van der Waals surface area contributed by atoms with Crippen LogP contribution in [0.2, 0.25) is 0 Å². The molecular formula is C23H23NO4S. The van der Waals surface area contributed by atoms with Gasteiger partial charge in [0, 0.05) is 10.6 Å². The molecule has 0 unspecified atom stereocenters. The molecule has 0 saturated carbocycles. The zero-order valence-corrected chi connectivity index (χ0v) is 17.0. The SMILES string of the molecule is COC(=O)[C@@H](CC[S@@](=O)c1ccccc1)NC(=O)Cc1ccc2ccccc2c1. The predicted molar refractivity (Wildman–Crippen MR) is 114 cm³/mol. The van der Waals surface area contributed by atoms with E-state index in [4.69, 9.17) is 4.74 Å². The predicted octanol–water partition coefficient (Wildman–Crippen LogP) is 3.24. The third-order valence-corrected chi connectivity index (χ3v) is 6.00. The third-order valence-electron chi connectivity index (χ3n) is 4.60. The van der Waals surface area contributed by atoms with Crippen LogP contribution in [-0.4, -0.2) is 35.0 Å². The minimum absolute atomic E-state index is 0.153. The van der Waals surface area contributed by atoms with Crippen molar-refractivity contribution in [1.82, 2.24) is 5.32 Å². The van der Waals surface area contributed by atoms with Crippen LogP contribution in [0.15, 0.2) is 77.7 Å². The van der Waals surface area contributed by atoms with E-state index in [0.717, 1.165) is 16.3 Å². The highest BCUT2D eigenvalue weighted by Crippen LogP contribution is 2.16. The standard InChI is InChI=1S/C23H23NO4S/c1-28-23(26)21(13-14-29(27)20-9-3-2-4-10-20)24-22(25)16-17-11-12-18-7-5-6-8-19(18)15-17/h2-12,15,21H,13-14,16H2,1H3,(H,24,25)/t21-,29-/m1/s1. The number of rotatable bonds is 8. The van der Waals surface area contributed by atoms with Crippen molar-refractivity contribution in [1.29, 1.82) is 0 Å². The molecule has 0 saturated heterocycles. The van der Waals surface area contributed by atoms with Gasteiger partial charge >= 0.3 is 5.97 Å². The lowest BCUT2D eigenvalue weighted by Crippen LogP contribution is -2.43. The Bertz CT molecular complexity index is 1020. The molecule has 5 nitrogen and oxygen atoms in total. The summed E-state index contributed by atoms with van der Waals surface area (Å²) in [5.41, 5.74) is 0.859. The Morgan fingerprint density at radius 2 is 1.66 bits per heavy atom. The Morgan fingerprint density at radius 1 is 0.966 bits per heavy atom. The lowest BCUT2D eigenvalue weighted by molar-refractivity contribution is -0.145. The maximum atomic E-state index is 12.5. The van der Waals surface area contributed by atoms with Crippen LogP contribution in [0.25, 0.3) is 10.8 Å². The number of esters is 1. The van der Waals surface area contributed by atoms with Gasteiger partial charge in [-0.25, -0.2) is 4.79 Å². The summed E-state index contributed by atoms with van der Waals surface area (Å²) >= 11 is 0. The molecule has 150 valence electrons. The van der Waals surface area contributed by atoms with Crippen molar-refractivity contribution in [2.45, 2.75) is 23.8 Å². The summed E-state index contributed by atoms with van der Waals surface area (Å²) in [7, 11) is 0.0267. The summed E-state index contributed by atoms with van der Waals surface area (Å²) in [4.78, 5) is 25.3. The molecule has 6 heteroatoms. The summed E-state index contributed by atoms with van der Waals surface area (Å²) < 4.78 is 17.2. The number of nitrogens with one attached hydrogen (secondary N) is 1. The van der Waals surface area contributed by atoms with Crippen LogP contribution in [0.4, 0.5) is 0 Å². The molecular weight excluding hydrogens is 386 g/mol. The zero-order chi connectivity index (χ0) is 20.6. The summed E-state index contributed by atoms with van der Waals surface area (Å²) in [6.45, 7) is 0. The molecule has 0 aromatic heterocycles. The lowest BCUT2D eigenvalue weighted by atomic mass is 10.0. The van der Waals surface area contributed by atoms with Crippen molar-refractivity contribution in [2.24, 2.45) is 0 Å². The number of amides is 1. The minimum atomic E-state index is -1.25. The second-order valence-electron chi connectivity index (χ2n) is 6.65. The first-order valence-corrected chi connectivity index (χ1v) is 10.7. The fourth-order valence-corrected chi connectivity index (χ4v) is 4.23. The Hall–Kier alpha value is -2.99. The van der Waals surface area contributed by atoms with Crippen LogP contribution in [-0.2, 0) is 31.5 Å². The van der Waals surface area contributed by atoms with E-state index in [0.29, 0.717) is 4.90 Å². The van der Waals surface area contributed by atoms with Gasteiger partial charge in [0.05, 0.1) is 24.3 Å². The first-order chi connectivity index (χ1) is 14.1. The van der Waals surface area contributed by atoms with Crippen LogP contribution in [0, 0.1) is 0 Å². The Balaban J connectivity index is 1.61. The molecule has 0 heterocycles. The molecule has 0 aliphatic heterocycles. The molecule has 3 aromatic carbocycles. The average Bonchev–Trinajstić information content (AvgIpc) is 2.76. The topological polar surface area (TPSA) is 72.5 Å². The Labute approximate surface area is 172 Å². The highest BCUT2D eigenvalue weighted by molar-refractivity contribution is 7.85. The number of carbonyl (C=O) groups excluding carboxylic acids is 2. The molecule has 0 spiro atoms. The van der Waals surface area contributed by atoms with Crippen LogP contribution in [0.1, 0.15) is 12.0 Å². The van der Waals surface area contributed by atoms with E-state index >= 15 is 0 Å². The fourth-order valence-electron chi connectivity index (χ4n) is 3.09. The number of hydrogen-bond acceptors (Lipinski definition) is 4. The second kappa shape index (κ2) is 9.98. The second-order valence-corrected chi connectivity index (χ2v) is 8.22. The molecule has 0 radical (unpaired) electrons. The van der Waals surface area contributed by atoms with Crippen LogP contribution in [0.5, 0.6) is 0 Å². The normalized spacial score (nSPS) is 12.9. The third kappa shape index (κ3) is 5.74. The monoisotopic (exact) mass is 409 g/mol. The van der Waals surface area contributed by atoms with E-state index in [9.17, 15) is 13.8 Å². The van der Waals surface area contributed by atoms with Crippen LogP contribution in [0.3, 0.4) is 0 Å². The van der Waals surface area contributed by atoms with Crippen molar-refractivity contribution in [2.75, 3.05) is 12.9 Å². The smallest absolute Gasteiger partial charge is 0.328 e. The van der Waals surface area contributed by atoms with Gasteiger partial charge in [-0.2, -0.15) is 0 Å². The van der Waals surface area contributed by atoms with E-state index in [1.165, 1.54) is 7.11 Å². The minimum Gasteiger partial charge on any atom is -0.467 e. The van der Waals surface area contributed by atoms with Crippen molar-refractivity contribution in [3.05, 3.63) is 78.4 Å². The first kappa shape index (κ1) is 20.7. The highest BCUT2D eigenvalue weighted by atomic mass is 32.2. The number of carbonyl (C=O) groups is 2. The van der Waals surface area contributed by atoms with Gasteiger partial charge in [-0.1, -0.05) is 60.7 Å². The van der Waals surface area contributed by atoms with Crippen LogP contribution >= 0.6 is 0 Å². The molecule has 0 aliphatic carbocycles. The van der Waals surface area contributed by atoms with E-state index in [1.54, 1.807) is 12.1 Å². The van der Waals surface area contributed by atoms with Crippen molar-refractivity contribution < 1.29 is 18.5 Å². The van der Waals surface area contributed by atoms with E-state index in [1.807, 2.05) is 60.7 Å². The summed E-state index contributed by atoms with van der Waals surface area (Å²) in [6.07, 6.45) is 0.387. The largest absolute Gasteiger partial charge is 0.467 e. The van der Waals surface area contributed by atoms with Gasteiger partial charge in [-0.15, -0.1) is 0 Å². The summed E-state index contributed by atoms with van der Waals surface area (Å²) in [5, 5.41) is 4.88. The maximum absolute atomic E-state index is 12.5. The number of methoxy groups -OCH3 is 1. The number of hydrogen-bond donors (Lipinski definition) is 1. The van der Waals surface area contributed by atoms with Gasteiger partial charge in [-0.05, 0) is 34.9 Å². The van der Waals surface area contributed by atoms with Gasteiger partial charge in [0.15, 0.2) is 0 Å². The number of ether oxygens (including phenoxy) is 1. The van der Waals surface area contributed by atoms with E-state index in [2.05, 4.69) is 5.32 Å². The molecule has 1 N–H and O–H groups in total. The van der Waals surface area contributed by atoms with Crippen molar-refractivity contribution >= 4 is 33.4 Å². The van der Waals surface area contributed by atoms with Gasteiger partial charge in [-0.3, -0.25) is 9.00 Å². The summed E-state index contributed by atoms with van der Waals surface area (Å²) in [5.74, 6) is -0.567. The van der Waals surface area contributed by atoms with Crippen molar-refractivity contribution in [3.8, 4) is 0 Å². The molecule has 0 aliphatic rings. The molecule has 3 rings (SSSR count). The molecule has 0 fully saturated rings. The van der Waals surface area contributed by atoms with Gasteiger partial charge in [0.25, 0.3) is 0 Å². The van der Waals surface area contributed by atoms with Gasteiger partial charge in [0.1, 0.15) is 6.04 Å². The Morgan fingerprint density at radius 3 is 2.38 bits per heavy atom.